The summed E-state index contributed by atoms with van der Waals surface area (Å²) in [6, 6.07) is 11.9. The maximum absolute atomic E-state index is 12.7. The number of ketones is 1. The molecule has 1 amide bonds. The Balaban J connectivity index is 1.38. The van der Waals surface area contributed by atoms with Crippen LogP contribution in [0.3, 0.4) is 0 Å². The van der Waals surface area contributed by atoms with Gasteiger partial charge in [-0.2, -0.15) is 0 Å². The second-order valence-corrected chi connectivity index (χ2v) is 8.35. The number of Topliss-reactive ketones (excluding diaryl/α,β-unsaturated/α-hetero) is 1. The zero-order valence-electron chi connectivity index (χ0n) is 16.3. The summed E-state index contributed by atoms with van der Waals surface area (Å²) in [5.41, 5.74) is 3.83. The van der Waals surface area contributed by atoms with Crippen LogP contribution in [-0.2, 0) is 16.0 Å². The number of carbonyl (C=O) groups excluding carboxylic acids is 2. The molecule has 2 heterocycles. The largest absolute Gasteiger partial charge is 0.301 e. The van der Waals surface area contributed by atoms with E-state index in [1.807, 2.05) is 48.7 Å². The van der Waals surface area contributed by atoms with Crippen LogP contribution in [0.1, 0.15) is 43.2 Å². The molecule has 1 aromatic carbocycles. The number of thiazole rings is 1. The van der Waals surface area contributed by atoms with Gasteiger partial charge in [0.05, 0.1) is 11.6 Å². The zero-order chi connectivity index (χ0) is 20.2. The molecule has 0 radical (unpaired) electrons. The normalized spacial score (nSPS) is 17.3. The highest BCUT2D eigenvalue weighted by Gasteiger charge is 2.24. The highest BCUT2D eigenvalue weighted by Crippen LogP contribution is 2.27. The van der Waals surface area contributed by atoms with Crippen LogP contribution in [0.4, 0.5) is 5.13 Å². The van der Waals surface area contributed by atoms with Gasteiger partial charge in [-0.25, -0.2) is 4.98 Å². The van der Waals surface area contributed by atoms with E-state index >= 15 is 0 Å². The number of benzene rings is 1. The molecule has 1 N–H and O–H groups in total. The molecule has 0 aliphatic heterocycles. The summed E-state index contributed by atoms with van der Waals surface area (Å²) in [4.78, 5) is 33.1. The van der Waals surface area contributed by atoms with Gasteiger partial charge in [0.15, 0.2) is 5.13 Å². The number of nitrogens with one attached hydrogen (secondary N) is 1. The Morgan fingerprint density at radius 2 is 2.10 bits per heavy atom. The van der Waals surface area contributed by atoms with Crippen molar-refractivity contribution in [1.29, 1.82) is 0 Å². The van der Waals surface area contributed by atoms with Gasteiger partial charge in [-0.05, 0) is 49.4 Å². The van der Waals surface area contributed by atoms with Crippen LogP contribution in [0, 0.1) is 5.92 Å². The molecule has 148 valence electrons. The maximum atomic E-state index is 12.7. The Labute approximate surface area is 174 Å². The van der Waals surface area contributed by atoms with E-state index < -0.39 is 0 Å². The lowest BCUT2D eigenvalue weighted by molar-refractivity contribution is -0.120. The third-order valence-corrected chi connectivity index (χ3v) is 6.24. The van der Waals surface area contributed by atoms with Crippen molar-refractivity contribution in [1.82, 2.24) is 9.97 Å². The molecule has 5 nitrogen and oxygen atoms in total. The first-order valence-electron chi connectivity index (χ1n) is 9.88. The van der Waals surface area contributed by atoms with Crippen LogP contribution in [0.25, 0.3) is 11.3 Å². The summed E-state index contributed by atoms with van der Waals surface area (Å²) >= 11 is 1.40. The van der Waals surface area contributed by atoms with Crippen LogP contribution >= 0.6 is 11.3 Å². The topological polar surface area (TPSA) is 72.0 Å². The fourth-order valence-electron chi connectivity index (χ4n) is 3.67. The second-order valence-electron chi connectivity index (χ2n) is 7.49. The molecule has 0 saturated heterocycles. The molecule has 2 aromatic heterocycles. The van der Waals surface area contributed by atoms with Gasteiger partial charge in [0.1, 0.15) is 5.78 Å². The maximum Gasteiger partial charge on any atom is 0.233 e. The lowest BCUT2D eigenvalue weighted by Crippen LogP contribution is -2.18. The summed E-state index contributed by atoms with van der Waals surface area (Å²) in [7, 11) is 0. The van der Waals surface area contributed by atoms with Crippen molar-refractivity contribution in [2.75, 3.05) is 5.32 Å². The Bertz CT molecular complexity index is 998. The summed E-state index contributed by atoms with van der Waals surface area (Å²) in [6.45, 7) is 1.89. The van der Waals surface area contributed by atoms with Crippen LogP contribution in [0.2, 0.25) is 0 Å². The molecule has 1 saturated carbocycles. The van der Waals surface area contributed by atoms with E-state index in [0.717, 1.165) is 48.1 Å². The lowest BCUT2D eigenvalue weighted by Gasteiger charge is -2.13. The first kappa shape index (κ1) is 19.5. The summed E-state index contributed by atoms with van der Waals surface area (Å²) < 4.78 is 0. The molecule has 6 heteroatoms. The van der Waals surface area contributed by atoms with Gasteiger partial charge >= 0.3 is 0 Å². The Kier molecular flexibility index (Phi) is 5.81. The minimum absolute atomic E-state index is 0.0872. The van der Waals surface area contributed by atoms with Crippen molar-refractivity contribution in [3.05, 3.63) is 65.3 Å². The molecule has 1 aliphatic carbocycles. The number of anilines is 1. The average Bonchev–Trinajstić information content (AvgIpc) is 3.38. The highest BCUT2D eigenvalue weighted by molar-refractivity contribution is 7.14. The second kappa shape index (κ2) is 8.66. The summed E-state index contributed by atoms with van der Waals surface area (Å²) in [5.74, 6) is 0.176. The number of carbonyl (C=O) groups is 2. The van der Waals surface area contributed by atoms with E-state index in [4.69, 9.17) is 0 Å². The predicted molar refractivity (Wildman–Crippen MR) is 115 cm³/mol. The third-order valence-electron chi connectivity index (χ3n) is 5.48. The molecule has 4 rings (SSSR count). The number of rotatable bonds is 6. The third kappa shape index (κ3) is 4.59. The predicted octanol–water partition coefficient (Wildman–Crippen LogP) is 4.86. The summed E-state index contributed by atoms with van der Waals surface area (Å²) in [5, 5.41) is 5.41. The van der Waals surface area contributed by atoms with Gasteiger partial charge in [-0.3, -0.25) is 14.6 Å². The first-order valence-corrected chi connectivity index (χ1v) is 10.8. The molecule has 0 bridgehead atoms. The number of hydrogen-bond acceptors (Lipinski definition) is 5. The van der Waals surface area contributed by atoms with E-state index in [1.165, 1.54) is 11.3 Å². The average molecular weight is 406 g/mol. The Hall–Kier alpha value is -2.86. The zero-order valence-corrected chi connectivity index (χ0v) is 17.1. The number of aromatic nitrogens is 2. The van der Waals surface area contributed by atoms with Gasteiger partial charge in [-0.15, -0.1) is 11.3 Å². The molecule has 2 atom stereocenters. The first-order chi connectivity index (χ1) is 14.1. The van der Waals surface area contributed by atoms with Gasteiger partial charge in [0, 0.05) is 35.7 Å². The van der Waals surface area contributed by atoms with Gasteiger partial charge in [0.2, 0.25) is 5.91 Å². The minimum Gasteiger partial charge on any atom is -0.301 e. The number of amides is 1. The molecule has 3 aromatic rings. The fourth-order valence-corrected chi connectivity index (χ4v) is 4.40. The van der Waals surface area contributed by atoms with Crippen molar-refractivity contribution in [3.63, 3.8) is 0 Å². The Morgan fingerprint density at radius 3 is 2.79 bits per heavy atom. The van der Waals surface area contributed by atoms with Gasteiger partial charge in [-0.1, -0.05) is 24.3 Å². The van der Waals surface area contributed by atoms with E-state index in [9.17, 15) is 9.59 Å². The lowest BCUT2D eigenvalue weighted by atomic mass is 9.94. The SMILES string of the molecule is C[C@@H](C(=O)Nc1nc(-c2cccnc2)cs1)c1ccc(C[C@@H]2CCCC2=O)cc1. The Morgan fingerprint density at radius 1 is 1.28 bits per heavy atom. The highest BCUT2D eigenvalue weighted by atomic mass is 32.1. The number of hydrogen-bond donors (Lipinski definition) is 1. The van der Waals surface area contributed by atoms with Crippen molar-refractivity contribution < 1.29 is 9.59 Å². The van der Waals surface area contributed by atoms with Gasteiger partial charge < -0.3 is 5.32 Å². The summed E-state index contributed by atoms with van der Waals surface area (Å²) in [6.07, 6.45) is 7.00. The van der Waals surface area contributed by atoms with Crippen LogP contribution in [-0.4, -0.2) is 21.7 Å². The van der Waals surface area contributed by atoms with Crippen molar-refractivity contribution in [3.8, 4) is 11.3 Å². The minimum atomic E-state index is -0.289. The van der Waals surface area contributed by atoms with Crippen LogP contribution in [0.5, 0.6) is 0 Å². The molecule has 0 unspecified atom stereocenters. The molecular formula is C23H23N3O2S. The quantitative estimate of drug-likeness (QED) is 0.636. The monoisotopic (exact) mass is 405 g/mol. The van der Waals surface area contributed by atoms with E-state index in [-0.39, 0.29) is 17.7 Å². The molecule has 1 aliphatic rings. The fraction of sp³-hybridized carbons (Fsp3) is 0.304. The molecular weight excluding hydrogens is 382 g/mol. The van der Waals surface area contributed by atoms with Crippen molar-refractivity contribution >= 4 is 28.2 Å². The van der Waals surface area contributed by atoms with Crippen molar-refractivity contribution in [2.24, 2.45) is 5.92 Å². The van der Waals surface area contributed by atoms with Crippen LogP contribution < -0.4 is 5.32 Å². The van der Waals surface area contributed by atoms with Crippen LogP contribution in [0.15, 0.2) is 54.2 Å². The standard InChI is InChI=1S/C23H23N3O2S/c1-15(17-9-7-16(8-10-17)12-18-4-2-6-21(18)27)22(28)26-23-25-20(14-29-23)19-5-3-11-24-13-19/h3,5,7-11,13-15,18H,2,4,6,12H2,1H3,(H,25,26,28)/t15-,18+/m1/s1. The number of nitrogens with zero attached hydrogens (tertiary/aromatic N) is 2. The molecule has 0 spiro atoms. The van der Waals surface area contributed by atoms with Gasteiger partial charge in [0.25, 0.3) is 0 Å². The van der Waals surface area contributed by atoms with E-state index in [2.05, 4.69) is 15.3 Å². The smallest absolute Gasteiger partial charge is 0.233 e. The molecule has 29 heavy (non-hydrogen) atoms. The number of pyridine rings is 1. The van der Waals surface area contributed by atoms with E-state index in [1.54, 1.807) is 12.4 Å². The van der Waals surface area contributed by atoms with Crippen molar-refractivity contribution in [2.45, 2.75) is 38.5 Å². The van der Waals surface area contributed by atoms with E-state index in [0.29, 0.717) is 10.9 Å². The molecule has 1 fully saturated rings.